The van der Waals surface area contributed by atoms with Gasteiger partial charge in [0.15, 0.2) is 0 Å². The van der Waals surface area contributed by atoms with Crippen LogP contribution in [-0.4, -0.2) is 8.42 Å². The molecule has 0 unspecified atom stereocenters. The molecule has 0 atom stereocenters. The Kier molecular flexibility index (Phi) is 3.87. The Labute approximate surface area is 121 Å². The zero-order valence-electron chi connectivity index (χ0n) is 11.4. The fraction of sp³-hybridized carbons (Fsp3) is 0.143. The molecule has 4 nitrogen and oxygen atoms in total. The van der Waals surface area contributed by atoms with Crippen molar-refractivity contribution < 1.29 is 17.2 Å². The summed E-state index contributed by atoms with van der Waals surface area (Å²) in [6.45, 7) is 3.47. The number of anilines is 2. The lowest BCUT2D eigenvalue weighted by molar-refractivity contribution is 0.555. The van der Waals surface area contributed by atoms with Gasteiger partial charge in [-0.3, -0.25) is 4.72 Å². The van der Waals surface area contributed by atoms with Gasteiger partial charge in [0.25, 0.3) is 10.0 Å². The van der Waals surface area contributed by atoms with Gasteiger partial charge in [-0.2, -0.15) is 0 Å². The molecule has 0 saturated carbocycles. The molecule has 0 heterocycles. The molecule has 0 aliphatic carbocycles. The van der Waals surface area contributed by atoms with Crippen molar-refractivity contribution in [2.75, 3.05) is 10.5 Å². The Morgan fingerprint density at radius 1 is 1.10 bits per heavy atom. The van der Waals surface area contributed by atoms with E-state index in [9.17, 15) is 17.2 Å². The van der Waals surface area contributed by atoms with Gasteiger partial charge in [-0.15, -0.1) is 0 Å². The molecule has 0 saturated heterocycles. The van der Waals surface area contributed by atoms with E-state index in [0.29, 0.717) is 11.6 Å². The fourth-order valence-electron chi connectivity index (χ4n) is 1.84. The number of aryl methyl sites for hydroxylation is 1. The van der Waals surface area contributed by atoms with Gasteiger partial charge in [0.1, 0.15) is 16.5 Å². The van der Waals surface area contributed by atoms with Crippen LogP contribution in [0.5, 0.6) is 0 Å². The van der Waals surface area contributed by atoms with Crippen molar-refractivity contribution in [1.29, 1.82) is 0 Å². The molecule has 0 aromatic heterocycles. The second-order valence-corrected chi connectivity index (χ2v) is 6.30. The lowest BCUT2D eigenvalue weighted by Gasteiger charge is -2.15. The number of rotatable bonds is 3. The third-order valence-corrected chi connectivity index (χ3v) is 4.55. The number of nitrogen functional groups attached to an aromatic ring is 1. The Balaban J connectivity index is 2.53. The molecule has 2 aromatic rings. The topological polar surface area (TPSA) is 72.2 Å². The van der Waals surface area contributed by atoms with Crippen molar-refractivity contribution in [3.63, 3.8) is 0 Å². The maximum absolute atomic E-state index is 13.6. The molecule has 21 heavy (non-hydrogen) atoms. The molecule has 7 heteroatoms. The molecule has 0 aliphatic heterocycles. The Morgan fingerprint density at radius 3 is 2.43 bits per heavy atom. The van der Waals surface area contributed by atoms with Crippen molar-refractivity contribution in [3.05, 3.63) is 53.1 Å². The minimum absolute atomic E-state index is 0.165. The minimum Gasteiger partial charge on any atom is -0.397 e. The van der Waals surface area contributed by atoms with Crippen LogP contribution < -0.4 is 10.5 Å². The summed E-state index contributed by atoms with van der Waals surface area (Å²) < 4.78 is 53.4. The van der Waals surface area contributed by atoms with E-state index >= 15 is 0 Å². The van der Waals surface area contributed by atoms with Crippen molar-refractivity contribution in [3.8, 4) is 0 Å². The molecule has 0 amide bonds. The summed E-state index contributed by atoms with van der Waals surface area (Å²) in [5.74, 6) is -1.88. The highest BCUT2D eigenvalue weighted by Crippen LogP contribution is 2.29. The number of halogens is 2. The van der Waals surface area contributed by atoms with E-state index in [2.05, 4.69) is 4.72 Å². The number of nitrogens with one attached hydrogen (secondary N) is 1. The maximum Gasteiger partial charge on any atom is 0.264 e. The zero-order valence-corrected chi connectivity index (χ0v) is 12.3. The molecule has 2 aromatic carbocycles. The molecule has 0 fully saturated rings. The van der Waals surface area contributed by atoms with E-state index in [1.807, 2.05) is 0 Å². The van der Waals surface area contributed by atoms with Crippen LogP contribution in [0.25, 0.3) is 0 Å². The van der Waals surface area contributed by atoms with Gasteiger partial charge in [0.05, 0.1) is 11.4 Å². The molecule has 0 radical (unpaired) electrons. The van der Waals surface area contributed by atoms with Crippen LogP contribution in [0, 0.1) is 25.5 Å². The first-order valence-corrected chi connectivity index (χ1v) is 7.54. The summed E-state index contributed by atoms with van der Waals surface area (Å²) in [7, 11) is -4.27. The largest absolute Gasteiger partial charge is 0.397 e. The lowest BCUT2D eigenvalue weighted by Crippen LogP contribution is -2.17. The monoisotopic (exact) mass is 312 g/mol. The summed E-state index contributed by atoms with van der Waals surface area (Å²) in [4.78, 5) is -0.761. The summed E-state index contributed by atoms with van der Waals surface area (Å²) in [6.07, 6.45) is 0. The van der Waals surface area contributed by atoms with Crippen molar-refractivity contribution in [2.45, 2.75) is 18.7 Å². The third-order valence-electron chi connectivity index (χ3n) is 3.19. The number of hydrogen-bond donors (Lipinski definition) is 2. The fourth-order valence-corrected chi connectivity index (χ4v) is 3.09. The first-order chi connectivity index (χ1) is 9.72. The number of hydrogen-bond acceptors (Lipinski definition) is 3. The van der Waals surface area contributed by atoms with E-state index in [1.54, 1.807) is 26.0 Å². The predicted octanol–water partition coefficient (Wildman–Crippen LogP) is 2.96. The lowest BCUT2D eigenvalue weighted by atomic mass is 10.1. The molecule has 0 spiro atoms. The van der Waals surface area contributed by atoms with Gasteiger partial charge in [0, 0.05) is 0 Å². The van der Waals surface area contributed by atoms with Crippen LogP contribution in [0.4, 0.5) is 20.2 Å². The molecule has 0 aliphatic rings. The third kappa shape index (κ3) is 2.97. The Morgan fingerprint density at radius 2 is 1.76 bits per heavy atom. The second kappa shape index (κ2) is 5.33. The van der Waals surface area contributed by atoms with Gasteiger partial charge < -0.3 is 5.73 Å². The van der Waals surface area contributed by atoms with Crippen molar-refractivity contribution >= 4 is 21.4 Å². The molecule has 2 rings (SSSR count). The van der Waals surface area contributed by atoms with E-state index in [0.717, 1.165) is 17.7 Å². The normalized spacial score (nSPS) is 11.4. The maximum atomic E-state index is 13.6. The summed E-state index contributed by atoms with van der Waals surface area (Å²) >= 11 is 0. The summed E-state index contributed by atoms with van der Waals surface area (Å²) in [6, 6.07) is 5.52. The molecular weight excluding hydrogens is 298 g/mol. The second-order valence-electron chi connectivity index (χ2n) is 4.65. The number of benzene rings is 2. The smallest absolute Gasteiger partial charge is 0.264 e. The van der Waals surface area contributed by atoms with Crippen LogP contribution in [0.1, 0.15) is 11.1 Å². The van der Waals surface area contributed by atoms with Crippen molar-refractivity contribution in [1.82, 2.24) is 0 Å². The molecular formula is C14H14F2N2O2S. The van der Waals surface area contributed by atoms with Crippen LogP contribution in [0.15, 0.2) is 35.2 Å². The minimum atomic E-state index is -4.27. The SMILES string of the molecule is Cc1ccc(N)c(NS(=O)(=O)c2cc(F)ccc2F)c1C. The summed E-state index contributed by atoms with van der Waals surface area (Å²) in [5, 5.41) is 0. The quantitative estimate of drug-likeness (QED) is 0.856. The zero-order chi connectivity index (χ0) is 15.8. The van der Waals surface area contributed by atoms with Gasteiger partial charge in [-0.05, 0) is 49.2 Å². The van der Waals surface area contributed by atoms with Crippen molar-refractivity contribution in [2.24, 2.45) is 0 Å². The van der Waals surface area contributed by atoms with E-state index in [4.69, 9.17) is 5.73 Å². The van der Waals surface area contributed by atoms with Gasteiger partial charge in [-0.1, -0.05) is 6.07 Å². The van der Waals surface area contributed by atoms with Crippen LogP contribution in [0.3, 0.4) is 0 Å². The first kappa shape index (κ1) is 15.2. The number of sulfonamides is 1. The first-order valence-electron chi connectivity index (χ1n) is 6.06. The molecule has 0 bridgehead atoms. The van der Waals surface area contributed by atoms with Crippen LogP contribution in [-0.2, 0) is 10.0 Å². The highest BCUT2D eigenvalue weighted by Gasteiger charge is 2.22. The van der Waals surface area contributed by atoms with Crippen LogP contribution in [0.2, 0.25) is 0 Å². The predicted molar refractivity (Wildman–Crippen MR) is 77.5 cm³/mol. The van der Waals surface area contributed by atoms with Gasteiger partial charge >= 0.3 is 0 Å². The highest BCUT2D eigenvalue weighted by molar-refractivity contribution is 7.92. The van der Waals surface area contributed by atoms with Gasteiger partial charge in [-0.25, -0.2) is 17.2 Å². The van der Waals surface area contributed by atoms with Gasteiger partial charge in [0.2, 0.25) is 0 Å². The van der Waals surface area contributed by atoms with Crippen LogP contribution >= 0.6 is 0 Å². The highest BCUT2D eigenvalue weighted by atomic mass is 32.2. The number of nitrogens with two attached hydrogens (primary N) is 1. The average molecular weight is 312 g/mol. The van der Waals surface area contributed by atoms with E-state index in [1.165, 1.54) is 0 Å². The Hall–Kier alpha value is -2.15. The Bertz CT molecular complexity index is 805. The van der Waals surface area contributed by atoms with E-state index in [-0.39, 0.29) is 11.4 Å². The van der Waals surface area contributed by atoms with E-state index < -0.39 is 26.6 Å². The molecule has 112 valence electrons. The molecule has 3 N–H and O–H groups in total. The summed E-state index contributed by atoms with van der Waals surface area (Å²) in [5.41, 5.74) is 7.56. The standard InChI is InChI=1S/C14H14F2N2O2S/c1-8-3-6-12(17)14(9(8)2)18-21(19,20)13-7-10(15)4-5-11(13)16/h3-7,18H,17H2,1-2H3. The average Bonchev–Trinajstić information content (AvgIpc) is 2.42.